The summed E-state index contributed by atoms with van der Waals surface area (Å²) in [6, 6.07) is 12.7. The number of para-hydroxylation sites is 1. The fourth-order valence-electron chi connectivity index (χ4n) is 4.00. The molecular weight excluding hydrogens is 481 g/mol. The molecule has 0 spiro atoms. The number of amides is 2. The fourth-order valence-corrected chi connectivity index (χ4v) is 4.97. The monoisotopic (exact) mass is 519 g/mol. The van der Waals surface area contributed by atoms with Crippen LogP contribution in [0.25, 0.3) is 0 Å². The second kappa shape index (κ2) is 13.4. The predicted octanol–water partition coefficient (Wildman–Crippen LogP) is 4.40. The number of nitrogens with one attached hydrogen (secondary N) is 1. The first-order chi connectivity index (χ1) is 17.0. The smallest absolute Gasteiger partial charge is 0.243 e. The van der Waals surface area contributed by atoms with Gasteiger partial charge in [-0.05, 0) is 50.8 Å². The molecule has 2 atom stereocenters. The van der Waals surface area contributed by atoms with Gasteiger partial charge in [-0.3, -0.25) is 13.9 Å². The van der Waals surface area contributed by atoms with Crippen LogP contribution in [0, 0.1) is 12.7 Å². The number of hydrogen-bond donors (Lipinski definition) is 1. The minimum absolute atomic E-state index is 0.0133. The van der Waals surface area contributed by atoms with Crippen LogP contribution >= 0.6 is 0 Å². The van der Waals surface area contributed by atoms with Gasteiger partial charge in [0, 0.05) is 25.6 Å². The van der Waals surface area contributed by atoms with Gasteiger partial charge >= 0.3 is 0 Å². The molecule has 7 nitrogen and oxygen atoms in total. The first-order valence-electron chi connectivity index (χ1n) is 12.4. The highest BCUT2D eigenvalue weighted by atomic mass is 32.2. The van der Waals surface area contributed by atoms with Crippen molar-refractivity contribution in [2.75, 3.05) is 17.1 Å². The Morgan fingerprint density at radius 2 is 1.75 bits per heavy atom. The number of nitrogens with zero attached hydrogens (tertiary/aromatic N) is 2. The number of rotatable bonds is 13. The zero-order valence-corrected chi connectivity index (χ0v) is 22.6. The van der Waals surface area contributed by atoms with Crippen LogP contribution in [0.1, 0.15) is 57.6 Å². The van der Waals surface area contributed by atoms with Crippen molar-refractivity contribution in [1.82, 2.24) is 10.2 Å². The van der Waals surface area contributed by atoms with E-state index in [4.69, 9.17) is 0 Å². The molecule has 1 N–H and O–H groups in total. The summed E-state index contributed by atoms with van der Waals surface area (Å²) >= 11 is 0. The van der Waals surface area contributed by atoms with E-state index >= 15 is 0 Å². The van der Waals surface area contributed by atoms with E-state index in [0.717, 1.165) is 28.1 Å². The highest BCUT2D eigenvalue weighted by Crippen LogP contribution is 2.22. The topological polar surface area (TPSA) is 86.8 Å². The predicted molar refractivity (Wildman–Crippen MR) is 142 cm³/mol. The Morgan fingerprint density at radius 1 is 1.06 bits per heavy atom. The van der Waals surface area contributed by atoms with Crippen LogP contribution < -0.4 is 9.62 Å². The third-order valence-electron chi connectivity index (χ3n) is 6.10. The molecule has 0 fully saturated rings. The highest BCUT2D eigenvalue weighted by Gasteiger charge is 2.29. The van der Waals surface area contributed by atoms with Gasteiger partial charge in [-0.15, -0.1) is 0 Å². The van der Waals surface area contributed by atoms with Crippen molar-refractivity contribution in [3.05, 3.63) is 65.5 Å². The first kappa shape index (κ1) is 29.3. The van der Waals surface area contributed by atoms with Crippen LogP contribution in [0.15, 0.2) is 48.5 Å². The van der Waals surface area contributed by atoms with Gasteiger partial charge in [-0.25, -0.2) is 12.8 Å². The molecule has 198 valence electrons. The molecule has 0 bridgehead atoms. The van der Waals surface area contributed by atoms with Crippen molar-refractivity contribution >= 4 is 27.5 Å². The molecule has 0 aromatic heterocycles. The molecule has 2 rings (SSSR count). The lowest BCUT2D eigenvalue weighted by Gasteiger charge is -2.32. The lowest BCUT2D eigenvalue weighted by Crippen LogP contribution is -2.50. The second-order valence-electron chi connectivity index (χ2n) is 9.14. The van der Waals surface area contributed by atoms with E-state index in [0.29, 0.717) is 6.42 Å². The summed E-state index contributed by atoms with van der Waals surface area (Å²) in [5, 5.41) is 2.97. The van der Waals surface area contributed by atoms with E-state index in [-0.39, 0.29) is 49.5 Å². The van der Waals surface area contributed by atoms with E-state index in [1.165, 1.54) is 18.2 Å². The third kappa shape index (κ3) is 8.33. The largest absolute Gasteiger partial charge is 0.352 e. The Labute approximate surface area is 214 Å². The van der Waals surface area contributed by atoms with Crippen LogP contribution in [0.3, 0.4) is 0 Å². The van der Waals surface area contributed by atoms with Gasteiger partial charge in [-0.1, -0.05) is 55.8 Å². The molecule has 0 saturated carbocycles. The summed E-state index contributed by atoms with van der Waals surface area (Å²) in [6.45, 7) is 7.92. The van der Waals surface area contributed by atoms with Crippen LogP contribution in [0.2, 0.25) is 0 Å². The molecule has 2 amide bonds. The number of carbonyl (C=O) groups excluding carboxylic acids is 2. The van der Waals surface area contributed by atoms with Crippen molar-refractivity contribution in [3.8, 4) is 0 Å². The van der Waals surface area contributed by atoms with Crippen molar-refractivity contribution in [1.29, 1.82) is 0 Å². The standard InChI is InChI=1S/C27H38FN3O4S/c1-6-21(4)29-27(33)24(7-2)30(19-22-13-10-12-20(3)18-22)26(32)16-11-17-31(36(5,34)35)25-15-9-8-14-23(25)28/h8-10,12-15,18,21,24H,6-7,11,16-17,19H2,1-5H3,(H,29,33). The van der Waals surface area contributed by atoms with Crippen LogP contribution in [0.5, 0.6) is 0 Å². The maximum absolute atomic E-state index is 14.3. The highest BCUT2D eigenvalue weighted by molar-refractivity contribution is 7.92. The number of sulfonamides is 1. The van der Waals surface area contributed by atoms with Crippen molar-refractivity contribution < 1.29 is 22.4 Å². The first-order valence-corrected chi connectivity index (χ1v) is 14.2. The average Bonchev–Trinajstić information content (AvgIpc) is 2.81. The zero-order chi connectivity index (χ0) is 26.9. The van der Waals surface area contributed by atoms with Crippen molar-refractivity contribution in [2.24, 2.45) is 0 Å². The van der Waals surface area contributed by atoms with E-state index < -0.39 is 21.9 Å². The Morgan fingerprint density at radius 3 is 2.33 bits per heavy atom. The van der Waals surface area contributed by atoms with Crippen LogP contribution in [-0.2, 0) is 26.2 Å². The molecule has 9 heteroatoms. The number of carbonyl (C=O) groups is 2. The van der Waals surface area contributed by atoms with Crippen LogP contribution in [-0.4, -0.2) is 50.0 Å². The summed E-state index contributed by atoms with van der Waals surface area (Å²) in [7, 11) is -3.76. The van der Waals surface area contributed by atoms with Gasteiger partial charge in [0.2, 0.25) is 21.8 Å². The summed E-state index contributed by atoms with van der Waals surface area (Å²) in [5.41, 5.74) is 1.90. The molecule has 2 unspecified atom stereocenters. The molecule has 0 aliphatic carbocycles. The SMILES string of the molecule is CCC(C)NC(=O)C(CC)N(Cc1cccc(C)c1)C(=O)CCCN(c1ccccc1F)S(C)(=O)=O. The van der Waals surface area contributed by atoms with E-state index in [2.05, 4.69) is 5.32 Å². The molecule has 0 heterocycles. The number of benzene rings is 2. The van der Waals surface area contributed by atoms with Gasteiger partial charge in [0.05, 0.1) is 11.9 Å². The molecule has 0 radical (unpaired) electrons. The van der Waals surface area contributed by atoms with E-state index in [1.807, 2.05) is 52.0 Å². The third-order valence-corrected chi connectivity index (χ3v) is 7.28. The average molecular weight is 520 g/mol. The normalized spacial score (nSPS) is 13.1. The maximum Gasteiger partial charge on any atom is 0.243 e. The molecule has 2 aromatic rings. The summed E-state index contributed by atoms with van der Waals surface area (Å²) in [4.78, 5) is 28.0. The Hall–Kier alpha value is -2.94. The maximum atomic E-state index is 14.3. The molecular formula is C27H38FN3O4S. The van der Waals surface area contributed by atoms with Crippen molar-refractivity contribution in [2.45, 2.75) is 72.0 Å². The molecule has 0 aliphatic rings. The van der Waals surface area contributed by atoms with Crippen LogP contribution in [0.4, 0.5) is 10.1 Å². The summed E-state index contributed by atoms with van der Waals surface area (Å²) in [6.07, 6.45) is 2.40. The molecule has 36 heavy (non-hydrogen) atoms. The Balaban J connectivity index is 2.24. The lowest BCUT2D eigenvalue weighted by molar-refractivity contribution is -0.141. The number of aryl methyl sites for hydroxylation is 1. The van der Waals surface area contributed by atoms with Crippen molar-refractivity contribution in [3.63, 3.8) is 0 Å². The van der Waals surface area contributed by atoms with Gasteiger partial charge in [0.15, 0.2) is 0 Å². The van der Waals surface area contributed by atoms with Gasteiger partial charge in [0.1, 0.15) is 11.9 Å². The number of hydrogen-bond acceptors (Lipinski definition) is 4. The Bertz CT molecular complexity index is 1140. The lowest BCUT2D eigenvalue weighted by atomic mass is 10.1. The molecule has 0 saturated heterocycles. The number of halogens is 1. The van der Waals surface area contributed by atoms with E-state index in [9.17, 15) is 22.4 Å². The molecule has 0 aliphatic heterocycles. The quantitative estimate of drug-likeness (QED) is 0.425. The van der Waals surface area contributed by atoms with Gasteiger partial charge in [-0.2, -0.15) is 0 Å². The fraction of sp³-hybridized carbons (Fsp3) is 0.481. The van der Waals surface area contributed by atoms with E-state index in [1.54, 1.807) is 11.0 Å². The summed E-state index contributed by atoms with van der Waals surface area (Å²) in [5.74, 6) is -1.12. The second-order valence-corrected chi connectivity index (χ2v) is 11.0. The summed E-state index contributed by atoms with van der Waals surface area (Å²) < 4.78 is 40.0. The minimum Gasteiger partial charge on any atom is -0.352 e. The Kier molecular flexibility index (Phi) is 10.9. The zero-order valence-electron chi connectivity index (χ0n) is 21.8. The van der Waals surface area contributed by atoms with Gasteiger partial charge < -0.3 is 10.2 Å². The van der Waals surface area contributed by atoms with Gasteiger partial charge in [0.25, 0.3) is 0 Å². The molecule has 2 aromatic carbocycles. The number of anilines is 1. The minimum atomic E-state index is -3.76.